The minimum Gasteiger partial charge on any atom is -0.462 e. The second-order valence-electron chi connectivity index (χ2n) is 2.45. The molecular weight excluding hydrogens is 146 g/mol. The Bertz CT molecular complexity index is 154. The van der Waals surface area contributed by atoms with Crippen molar-refractivity contribution in [2.75, 3.05) is 6.54 Å². The van der Waals surface area contributed by atoms with E-state index < -0.39 is 5.97 Å². The minimum absolute atomic E-state index is 0.0481. The third kappa shape index (κ3) is 6.83. The number of carbonyl (C=O) groups is 2. The van der Waals surface area contributed by atoms with Crippen LogP contribution in [0.25, 0.3) is 0 Å². The summed E-state index contributed by atoms with van der Waals surface area (Å²) in [5, 5.41) is 2.34. The van der Waals surface area contributed by atoms with Gasteiger partial charge < -0.3 is 10.1 Å². The zero-order chi connectivity index (χ0) is 8.85. The first-order chi connectivity index (χ1) is 5.02. The van der Waals surface area contributed by atoms with Gasteiger partial charge in [0.15, 0.2) is 0 Å². The highest BCUT2D eigenvalue weighted by molar-refractivity contribution is 5.80. The third-order valence-corrected chi connectivity index (χ3v) is 0.849. The molecule has 0 spiro atoms. The van der Waals surface area contributed by atoms with Gasteiger partial charge in [-0.25, -0.2) is 0 Å². The predicted octanol–water partition coefficient (Wildman–Crippen LogP) is 0.0741. The molecule has 0 bridgehead atoms. The van der Waals surface area contributed by atoms with Gasteiger partial charge in [0, 0.05) is 6.92 Å². The molecule has 64 valence electrons. The van der Waals surface area contributed by atoms with Gasteiger partial charge in [0.05, 0.1) is 6.10 Å². The lowest BCUT2D eigenvalue weighted by Crippen LogP contribution is -2.29. The van der Waals surface area contributed by atoms with Gasteiger partial charge in [0.2, 0.25) is 5.91 Å². The summed E-state index contributed by atoms with van der Waals surface area (Å²) in [4.78, 5) is 21.0. The van der Waals surface area contributed by atoms with Crippen LogP contribution in [0.2, 0.25) is 0 Å². The van der Waals surface area contributed by atoms with E-state index in [0.717, 1.165) is 0 Å². The van der Waals surface area contributed by atoms with E-state index in [1.807, 2.05) is 0 Å². The summed E-state index contributed by atoms with van der Waals surface area (Å²) in [5.41, 5.74) is 0. The molecule has 0 saturated heterocycles. The third-order valence-electron chi connectivity index (χ3n) is 0.849. The summed E-state index contributed by atoms with van der Waals surface area (Å²) in [6, 6.07) is 0. The number of esters is 1. The monoisotopic (exact) mass is 159 g/mol. The summed E-state index contributed by atoms with van der Waals surface area (Å²) in [5.74, 6) is -0.638. The molecule has 0 aliphatic rings. The first-order valence-electron chi connectivity index (χ1n) is 3.46. The Labute approximate surface area is 65.9 Å². The van der Waals surface area contributed by atoms with E-state index >= 15 is 0 Å². The maximum atomic E-state index is 10.7. The minimum atomic E-state index is -0.407. The quantitative estimate of drug-likeness (QED) is 0.593. The lowest BCUT2D eigenvalue weighted by Gasteiger charge is -2.07. The van der Waals surface area contributed by atoms with Crippen molar-refractivity contribution < 1.29 is 14.3 Å². The van der Waals surface area contributed by atoms with E-state index in [4.69, 9.17) is 4.74 Å². The van der Waals surface area contributed by atoms with Gasteiger partial charge in [-0.15, -0.1) is 0 Å². The van der Waals surface area contributed by atoms with E-state index in [9.17, 15) is 9.59 Å². The molecule has 0 unspecified atom stereocenters. The zero-order valence-corrected chi connectivity index (χ0v) is 7.01. The van der Waals surface area contributed by atoms with Crippen LogP contribution >= 0.6 is 0 Å². The number of carbonyl (C=O) groups excluding carboxylic acids is 2. The molecule has 0 heterocycles. The van der Waals surface area contributed by atoms with E-state index in [1.54, 1.807) is 13.8 Å². The molecule has 4 heteroatoms. The second kappa shape index (κ2) is 4.71. The first-order valence-corrected chi connectivity index (χ1v) is 3.46. The molecule has 0 fully saturated rings. The fourth-order valence-corrected chi connectivity index (χ4v) is 0.501. The van der Waals surface area contributed by atoms with E-state index in [2.05, 4.69) is 5.32 Å². The average Bonchev–Trinajstić information content (AvgIpc) is 1.82. The molecule has 11 heavy (non-hydrogen) atoms. The summed E-state index contributed by atoms with van der Waals surface area (Å²) >= 11 is 0. The molecule has 0 rings (SSSR count). The van der Waals surface area contributed by atoms with Crippen molar-refractivity contribution in [3.8, 4) is 0 Å². The highest BCUT2D eigenvalue weighted by Crippen LogP contribution is 1.86. The maximum absolute atomic E-state index is 10.7. The summed E-state index contributed by atoms with van der Waals surface area (Å²) < 4.78 is 4.75. The Morgan fingerprint density at radius 1 is 1.45 bits per heavy atom. The normalized spacial score (nSPS) is 9.45. The topological polar surface area (TPSA) is 55.4 Å². The Kier molecular flexibility index (Phi) is 4.26. The molecule has 0 aliphatic carbocycles. The number of amides is 1. The number of hydrogen-bond acceptors (Lipinski definition) is 3. The van der Waals surface area contributed by atoms with Crippen molar-refractivity contribution in [2.45, 2.75) is 26.9 Å². The summed E-state index contributed by atoms with van der Waals surface area (Å²) in [6.07, 6.45) is -0.128. The summed E-state index contributed by atoms with van der Waals surface area (Å²) in [6.45, 7) is 4.81. The first kappa shape index (κ1) is 9.94. The second-order valence-corrected chi connectivity index (χ2v) is 2.45. The van der Waals surface area contributed by atoms with Gasteiger partial charge >= 0.3 is 5.97 Å². The van der Waals surface area contributed by atoms with Crippen LogP contribution in [-0.2, 0) is 14.3 Å². The van der Waals surface area contributed by atoms with Gasteiger partial charge in [-0.05, 0) is 13.8 Å². The highest BCUT2D eigenvalue weighted by atomic mass is 16.5. The molecule has 0 aromatic carbocycles. The Morgan fingerprint density at radius 3 is 2.36 bits per heavy atom. The van der Waals surface area contributed by atoms with Crippen molar-refractivity contribution in [1.82, 2.24) is 5.32 Å². The highest BCUT2D eigenvalue weighted by Gasteiger charge is 2.04. The number of hydrogen-bond donors (Lipinski definition) is 1. The van der Waals surface area contributed by atoms with E-state index in [0.29, 0.717) is 0 Å². The predicted molar refractivity (Wildman–Crippen MR) is 39.9 cm³/mol. The Hall–Kier alpha value is -1.06. The molecule has 4 nitrogen and oxygen atoms in total. The lowest BCUT2D eigenvalue weighted by atomic mass is 10.5. The molecule has 0 saturated carbocycles. The largest absolute Gasteiger partial charge is 0.462 e. The van der Waals surface area contributed by atoms with Crippen LogP contribution in [0.4, 0.5) is 0 Å². The fourth-order valence-electron chi connectivity index (χ4n) is 0.501. The van der Waals surface area contributed by atoms with Gasteiger partial charge in [0.1, 0.15) is 6.54 Å². The van der Waals surface area contributed by atoms with E-state index in [-0.39, 0.29) is 18.6 Å². The fraction of sp³-hybridized carbons (Fsp3) is 0.714. The number of ether oxygens (including phenoxy) is 1. The van der Waals surface area contributed by atoms with Crippen LogP contribution in [0.3, 0.4) is 0 Å². The smallest absolute Gasteiger partial charge is 0.325 e. The molecule has 0 radical (unpaired) electrons. The van der Waals surface area contributed by atoms with Gasteiger partial charge in [-0.2, -0.15) is 0 Å². The van der Waals surface area contributed by atoms with Crippen LogP contribution in [-0.4, -0.2) is 24.5 Å². The van der Waals surface area contributed by atoms with E-state index in [1.165, 1.54) is 6.92 Å². The SMILES string of the molecule is CC(=O)NCC(=O)OC(C)C. The number of nitrogens with one attached hydrogen (secondary N) is 1. The molecule has 0 atom stereocenters. The van der Waals surface area contributed by atoms with Crippen molar-refractivity contribution in [3.05, 3.63) is 0 Å². The van der Waals surface area contributed by atoms with Crippen LogP contribution in [0.5, 0.6) is 0 Å². The molecule has 0 aromatic heterocycles. The van der Waals surface area contributed by atoms with Crippen LogP contribution in [0, 0.1) is 0 Å². The van der Waals surface area contributed by atoms with Gasteiger partial charge in [-0.1, -0.05) is 0 Å². The van der Waals surface area contributed by atoms with Crippen LogP contribution in [0.15, 0.2) is 0 Å². The van der Waals surface area contributed by atoms with Gasteiger partial charge in [-0.3, -0.25) is 9.59 Å². The Morgan fingerprint density at radius 2 is 2.00 bits per heavy atom. The van der Waals surface area contributed by atoms with Crippen LogP contribution in [0.1, 0.15) is 20.8 Å². The molecular formula is C7H13NO3. The lowest BCUT2D eigenvalue weighted by molar-refractivity contribution is -0.147. The molecule has 0 aliphatic heterocycles. The molecule has 1 amide bonds. The summed E-state index contributed by atoms with van der Waals surface area (Å²) in [7, 11) is 0. The van der Waals surface area contributed by atoms with Crippen molar-refractivity contribution >= 4 is 11.9 Å². The Balaban J connectivity index is 3.45. The standard InChI is InChI=1S/C7H13NO3/c1-5(2)11-7(10)4-8-6(3)9/h5H,4H2,1-3H3,(H,8,9). The number of rotatable bonds is 3. The van der Waals surface area contributed by atoms with Crippen molar-refractivity contribution in [2.24, 2.45) is 0 Å². The zero-order valence-electron chi connectivity index (χ0n) is 7.01. The van der Waals surface area contributed by atoms with Crippen molar-refractivity contribution in [1.29, 1.82) is 0 Å². The average molecular weight is 159 g/mol. The maximum Gasteiger partial charge on any atom is 0.325 e. The van der Waals surface area contributed by atoms with Crippen molar-refractivity contribution in [3.63, 3.8) is 0 Å². The van der Waals surface area contributed by atoms with Crippen LogP contribution < -0.4 is 5.32 Å². The molecule has 0 aromatic rings. The molecule has 1 N–H and O–H groups in total. The van der Waals surface area contributed by atoms with Gasteiger partial charge in [0.25, 0.3) is 0 Å².